The molecule has 2 heteroatoms. The Morgan fingerprint density at radius 3 is 2.67 bits per heavy atom. The molecule has 0 spiro atoms. The van der Waals surface area contributed by atoms with Crippen molar-refractivity contribution in [3.05, 3.63) is 0 Å². The fraction of sp³-hybridized carbons (Fsp3) is 1.00. The molecule has 1 rings (SSSR count). The summed E-state index contributed by atoms with van der Waals surface area (Å²) in [5, 5.41) is 0. The van der Waals surface area contributed by atoms with Crippen molar-refractivity contribution in [1.82, 2.24) is 4.90 Å². The van der Waals surface area contributed by atoms with E-state index in [0.29, 0.717) is 6.04 Å². The van der Waals surface area contributed by atoms with E-state index < -0.39 is 0 Å². The lowest BCUT2D eigenvalue weighted by molar-refractivity contribution is 0.266. The normalized spacial score (nSPS) is 30.0. The first kappa shape index (κ1) is 10.0. The Kier molecular flexibility index (Phi) is 4.02. The minimum Gasteiger partial charge on any atom is -0.327 e. The van der Waals surface area contributed by atoms with Crippen LogP contribution in [0.5, 0.6) is 0 Å². The minimum absolute atomic E-state index is 0.476. The largest absolute Gasteiger partial charge is 0.327 e. The number of rotatable bonds is 4. The molecule has 1 aliphatic rings. The lowest BCUT2D eigenvalue weighted by atomic mass is 10.0. The van der Waals surface area contributed by atoms with E-state index in [9.17, 15) is 0 Å². The van der Waals surface area contributed by atoms with Gasteiger partial charge in [0.1, 0.15) is 0 Å². The van der Waals surface area contributed by atoms with Crippen LogP contribution in [-0.2, 0) is 0 Å². The van der Waals surface area contributed by atoms with Gasteiger partial charge in [0.25, 0.3) is 0 Å². The predicted octanol–water partition coefficient (Wildman–Crippen LogP) is 1.46. The zero-order chi connectivity index (χ0) is 8.97. The van der Waals surface area contributed by atoms with Crippen molar-refractivity contribution in [2.24, 2.45) is 11.7 Å². The Hall–Kier alpha value is -0.0800. The smallest absolute Gasteiger partial charge is 0.00793 e. The van der Waals surface area contributed by atoms with Crippen molar-refractivity contribution in [2.45, 2.75) is 38.6 Å². The van der Waals surface area contributed by atoms with E-state index in [1.807, 2.05) is 0 Å². The van der Waals surface area contributed by atoms with Gasteiger partial charge in [-0.25, -0.2) is 0 Å². The zero-order valence-corrected chi connectivity index (χ0v) is 8.42. The van der Waals surface area contributed by atoms with Crippen molar-refractivity contribution < 1.29 is 0 Å². The first-order valence-corrected chi connectivity index (χ1v) is 5.18. The van der Waals surface area contributed by atoms with E-state index in [0.717, 1.165) is 5.92 Å². The van der Waals surface area contributed by atoms with Crippen LogP contribution >= 0.6 is 0 Å². The predicted molar refractivity (Wildman–Crippen MR) is 53.1 cm³/mol. The molecule has 0 aromatic rings. The second kappa shape index (κ2) is 4.83. The highest BCUT2D eigenvalue weighted by Gasteiger charge is 2.24. The minimum atomic E-state index is 0.476. The van der Waals surface area contributed by atoms with Gasteiger partial charge in [-0.15, -0.1) is 0 Å². The highest BCUT2D eigenvalue weighted by Crippen LogP contribution is 2.24. The molecular formula is C10H22N2. The average molecular weight is 170 g/mol. The van der Waals surface area contributed by atoms with Gasteiger partial charge < -0.3 is 10.6 Å². The van der Waals surface area contributed by atoms with Crippen LogP contribution in [0.4, 0.5) is 0 Å². The third kappa shape index (κ3) is 2.76. The standard InChI is InChI=1S/C10H22N2/c1-3-7-12(2)8-9-5-4-6-10(9)11/h9-10H,3-8,11H2,1-2H3. The Bertz CT molecular complexity index is 125. The Balaban J connectivity index is 2.20. The summed E-state index contributed by atoms with van der Waals surface area (Å²) in [6.07, 6.45) is 5.17. The maximum absolute atomic E-state index is 6.00. The van der Waals surface area contributed by atoms with E-state index in [2.05, 4.69) is 18.9 Å². The molecule has 0 aromatic heterocycles. The number of nitrogens with two attached hydrogens (primary N) is 1. The van der Waals surface area contributed by atoms with E-state index in [1.165, 1.54) is 38.8 Å². The van der Waals surface area contributed by atoms with Crippen molar-refractivity contribution in [3.63, 3.8) is 0 Å². The fourth-order valence-corrected chi connectivity index (χ4v) is 2.17. The quantitative estimate of drug-likeness (QED) is 0.692. The van der Waals surface area contributed by atoms with Crippen molar-refractivity contribution >= 4 is 0 Å². The topological polar surface area (TPSA) is 29.3 Å². The van der Waals surface area contributed by atoms with E-state index in [4.69, 9.17) is 5.73 Å². The van der Waals surface area contributed by atoms with Crippen LogP contribution in [0, 0.1) is 5.92 Å². The maximum Gasteiger partial charge on any atom is 0.00793 e. The van der Waals surface area contributed by atoms with Crippen LogP contribution in [0.2, 0.25) is 0 Å². The second-order valence-corrected chi connectivity index (χ2v) is 4.12. The third-order valence-corrected chi connectivity index (χ3v) is 2.87. The third-order valence-electron chi connectivity index (χ3n) is 2.87. The molecule has 0 aromatic carbocycles. The molecule has 1 fully saturated rings. The molecule has 0 bridgehead atoms. The van der Waals surface area contributed by atoms with Crippen LogP contribution in [0.25, 0.3) is 0 Å². The van der Waals surface area contributed by atoms with Crippen LogP contribution in [0.3, 0.4) is 0 Å². The summed E-state index contributed by atoms with van der Waals surface area (Å²) in [5.41, 5.74) is 6.00. The molecule has 0 saturated heterocycles. The second-order valence-electron chi connectivity index (χ2n) is 4.12. The molecule has 0 amide bonds. The Morgan fingerprint density at radius 2 is 2.17 bits per heavy atom. The molecule has 1 aliphatic carbocycles. The Morgan fingerprint density at radius 1 is 1.42 bits per heavy atom. The van der Waals surface area contributed by atoms with Crippen LogP contribution in [-0.4, -0.2) is 31.1 Å². The van der Waals surface area contributed by atoms with Gasteiger partial charge in [-0.3, -0.25) is 0 Å². The molecular weight excluding hydrogens is 148 g/mol. The molecule has 72 valence electrons. The molecule has 0 radical (unpaired) electrons. The summed E-state index contributed by atoms with van der Waals surface area (Å²) in [6, 6.07) is 0.476. The van der Waals surface area contributed by atoms with Gasteiger partial charge in [0.2, 0.25) is 0 Å². The molecule has 0 aliphatic heterocycles. The maximum atomic E-state index is 6.00. The van der Waals surface area contributed by atoms with Gasteiger partial charge in [-0.2, -0.15) is 0 Å². The molecule has 12 heavy (non-hydrogen) atoms. The lowest BCUT2D eigenvalue weighted by Gasteiger charge is -2.22. The summed E-state index contributed by atoms with van der Waals surface area (Å²) >= 11 is 0. The van der Waals surface area contributed by atoms with E-state index in [1.54, 1.807) is 0 Å². The van der Waals surface area contributed by atoms with Crippen molar-refractivity contribution in [3.8, 4) is 0 Å². The van der Waals surface area contributed by atoms with Crippen LogP contribution in [0.15, 0.2) is 0 Å². The first-order chi connectivity index (χ1) is 5.74. The van der Waals surface area contributed by atoms with Gasteiger partial charge in [0.05, 0.1) is 0 Å². The summed E-state index contributed by atoms with van der Waals surface area (Å²) in [6.45, 7) is 4.64. The van der Waals surface area contributed by atoms with Crippen LogP contribution in [0.1, 0.15) is 32.6 Å². The number of nitrogens with zero attached hydrogens (tertiary/aromatic N) is 1. The zero-order valence-electron chi connectivity index (χ0n) is 8.42. The van der Waals surface area contributed by atoms with Gasteiger partial charge in [0.15, 0.2) is 0 Å². The molecule has 2 N–H and O–H groups in total. The lowest BCUT2D eigenvalue weighted by Crippen LogP contribution is -2.34. The number of hydrogen-bond donors (Lipinski definition) is 1. The fourth-order valence-electron chi connectivity index (χ4n) is 2.17. The molecule has 2 nitrogen and oxygen atoms in total. The summed E-state index contributed by atoms with van der Waals surface area (Å²) in [4.78, 5) is 2.41. The first-order valence-electron chi connectivity index (χ1n) is 5.18. The van der Waals surface area contributed by atoms with E-state index in [-0.39, 0.29) is 0 Å². The van der Waals surface area contributed by atoms with Gasteiger partial charge >= 0.3 is 0 Å². The van der Waals surface area contributed by atoms with Crippen molar-refractivity contribution in [2.75, 3.05) is 20.1 Å². The molecule has 2 atom stereocenters. The molecule has 0 heterocycles. The van der Waals surface area contributed by atoms with Gasteiger partial charge in [0, 0.05) is 12.6 Å². The Labute approximate surface area is 76.1 Å². The van der Waals surface area contributed by atoms with Gasteiger partial charge in [-0.05, 0) is 38.8 Å². The monoisotopic (exact) mass is 170 g/mol. The summed E-state index contributed by atoms with van der Waals surface area (Å²) in [7, 11) is 2.20. The van der Waals surface area contributed by atoms with Crippen molar-refractivity contribution in [1.29, 1.82) is 0 Å². The van der Waals surface area contributed by atoms with E-state index >= 15 is 0 Å². The molecule has 2 unspecified atom stereocenters. The highest BCUT2D eigenvalue weighted by molar-refractivity contribution is 4.81. The SMILES string of the molecule is CCCN(C)CC1CCCC1N. The summed E-state index contributed by atoms with van der Waals surface area (Å²) in [5.74, 6) is 0.765. The number of hydrogen-bond acceptors (Lipinski definition) is 2. The average Bonchev–Trinajstić information content (AvgIpc) is 2.37. The molecule has 1 saturated carbocycles. The van der Waals surface area contributed by atoms with Crippen LogP contribution < -0.4 is 5.73 Å². The van der Waals surface area contributed by atoms with Gasteiger partial charge in [-0.1, -0.05) is 13.3 Å². The highest BCUT2D eigenvalue weighted by atomic mass is 15.1. The summed E-state index contributed by atoms with van der Waals surface area (Å²) < 4.78 is 0.